The summed E-state index contributed by atoms with van der Waals surface area (Å²) in [5.41, 5.74) is 5.52. The van der Waals surface area contributed by atoms with E-state index in [0.717, 1.165) is 11.1 Å². The summed E-state index contributed by atoms with van der Waals surface area (Å²) in [6.07, 6.45) is 1.57. The minimum Gasteiger partial charge on any atom is -0.456 e. The van der Waals surface area contributed by atoms with Crippen LogP contribution in [0.2, 0.25) is 0 Å². The van der Waals surface area contributed by atoms with Crippen LogP contribution in [0.15, 0.2) is 39.4 Å². The summed E-state index contributed by atoms with van der Waals surface area (Å²) in [5, 5.41) is 15.1. The number of furan rings is 1. The van der Waals surface area contributed by atoms with Crippen molar-refractivity contribution < 1.29 is 14.1 Å². The molecule has 0 fully saturated rings. The zero-order valence-electron chi connectivity index (χ0n) is 13.4. The first-order valence-corrected chi connectivity index (χ1v) is 7.29. The zero-order chi connectivity index (χ0) is 17.4. The Balaban J connectivity index is 2.05. The van der Waals surface area contributed by atoms with Gasteiger partial charge < -0.3 is 4.42 Å². The van der Waals surface area contributed by atoms with Gasteiger partial charge in [-0.05, 0) is 56.2 Å². The van der Waals surface area contributed by atoms with Crippen molar-refractivity contribution in [3.05, 3.63) is 56.8 Å². The number of rotatable bonds is 3. The van der Waals surface area contributed by atoms with Gasteiger partial charge in [-0.1, -0.05) is 0 Å². The van der Waals surface area contributed by atoms with Crippen LogP contribution in [-0.4, -0.2) is 16.5 Å². The molecule has 0 unspecified atom stereocenters. The largest absolute Gasteiger partial charge is 0.456 e. The number of hydrogen-bond donors (Lipinski definition) is 1. The van der Waals surface area contributed by atoms with Crippen molar-refractivity contribution in [3.63, 3.8) is 0 Å². The Morgan fingerprint density at radius 1 is 1.21 bits per heavy atom. The number of aryl methyl sites for hydroxylation is 2. The number of hydrogen-bond acceptors (Lipinski definition) is 5. The van der Waals surface area contributed by atoms with Crippen molar-refractivity contribution in [2.45, 2.75) is 20.8 Å². The van der Waals surface area contributed by atoms with Crippen LogP contribution >= 0.6 is 0 Å². The van der Waals surface area contributed by atoms with Crippen LogP contribution in [-0.2, 0) is 4.79 Å². The molecule has 1 N–H and O–H groups in total. The molecule has 1 aromatic carbocycles. The molecule has 3 rings (SSSR count). The van der Waals surface area contributed by atoms with Crippen molar-refractivity contribution in [2.75, 3.05) is 0 Å². The Morgan fingerprint density at radius 2 is 1.92 bits per heavy atom. The van der Waals surface area contributed by atoms with Gasteiger partial charge in [0, 0.05) is 6.07 Å². The molecule has 2 aromatic rings. The third-order valence-electron chi connectivity index (χ3n) is 3.95. The molecule has 0 aliphatic carbocycles. The lowest BCUT2D eigenvalue weighted by molar-refractivity contribution is -0.384. The molecule has 7 nitrogen and oxygen atoms in total. The molecule has 0 saturated heterocycles. The molecule has 1 aliphatic rings. The van der Waals surface area contributed by atoms with Crippen LogP contribution < -0.4 is 5.43 Å². The average molecular weight is 325 g/mol. The highest BCUT2D eigenvalue weighted by atomic mass is 16.6. The van der Waals surface area contributed by atoms with Crippen molar-refractivity contribution in [1.29, 1.82) is 0 Å². The number of nitro groups is 1. The van der Waals surface area contributed by atoms with Crippen molar-refractivity contribution in [1.82, 2.24) is 5.43 Å². The van der Waals surface area contributed by atoms with E-state index in [-0.39, 0.29) is 11.6 Å². The normalized spacial score (nSPS) is 15.5. The summed E-state index contributed by atoms with van der Waals surface area (Å²) in [6.45, 7) is 5.42. The van der Waals surface area contributed by atoms with Crippen molar-refractivity contribution >= 4 is 23.4 Å². The topological polar surface area (TPSA) is 97.7 Å². The Hall–Kier alpha value is -3.22. The standard InChI is InChI=1S/C17H15N3O4/c1-9-6-14(15(20(22)23)7-10(9)2)16-5-4-12(24-16)8-13-11(3)18-19-17(13)21/h4-8H,1-3H3,(H,19,21)/b13-8-. The fraction of sp³-hybridized carbons (Fsp3) is 0.176. The Labute approximate surface area is 137 Å². The Bertz CT molecular complexity index is 922. The van der Waals surface area contributed by atoms with Crippen molar-refractivity contribution in [2.24, 2.45) is 5.10 Å². The maximum Gasteiger partial charge on any atom is 0.280 e. The van der Waals surface area contributed by atoms with Crippen LogP contribution in [0.1, 0.15) is 23.8 Å². The van der Waals surface area contributed by atoms with Gasteiger partial charge in [-0.3, -0.25) is 14.9 Å². The number of nitrogens with zero attached hydrogens (tertiary/aromatic N) is 2. The van der Waals surface area contributed by atoms with Gasteiger partial charge >= 0.3 is 0 Å². The number of nitro benzene ring substituents is 1. The van der Waals surface area contributed by atoms with E-state index in [9.17, 15) is 14.9 Å². The summed E-state index contributed by atoms with van der Waals surface area (Å²) >= 11 is 0. The van der Waals surface area contributed by atoms with Gasteiger partial charge in [0.1, 0.15) is 11.5 Å². The molecule has 7 heteroatoms. The number of nitrogens with one attached hydrogen (secondary N) is 1. The molecule has 24 heavy (non-hydrogen) atoms. The number of carbonyl (C=O) groups is 1. The van der Waals surface area contributed by atoms with Crippen molar-refractivity contribution in [3.8, 4) is 11.3 Å². The van der Waals surface area contributed by atoms with Crippen LogP contribution in [0.3, 0.4) is 0 Å². The number of amides is 1. The lowest BCUT2D eigenvalue weighted by atomic mass is 10.0. The number of hydrazone groups is 1. The summed E-state index contributed by atoms with van der Waals surface area (Å²) in [7, 11) is 0. The quantitative estimate of drug-likeness (QED) is 0.531. The van der Waals surface area contributed by atoms with Gasteiger partial charge in [-0.2, -0.15) is 5.10 Å². The van der Waals surface area contributed by atoms with E-state index in [0.29, 0.717) is 28.4 Å². The lowest BCUT2D eigenvalue weighted by Gasteiger charge is -2.04. The highest BCUT2D eigenvalue weighted by molar-refractivity contribution is 6.26. The minimum absolute atomic E-state index is 0.0111. The Kier molecular flexibility index (Phi) is 3.76. The fourth-order valence-electron chi connectivity index (χ4n) is 2.46. The van der Waals surface area contributed by atoms with E-state index in [1.165, 1.54) is 6.07 Å². The van der Waals surface area contributed by atoms with Gasteiger partial charge in [0.2, 0.25) is 0 Å². The average Bonchev–Trinajstić information content (AvgIpc) is 3.11. The SMILES string of the molecule is CC1=NNC(=O)/C1=C\c1ccc(-c2cc(C)c(C)cc2[N+](=O)[O-])o1. The molecule has 122 valence electrons. The molecule has 0 saturated carbocycles. The monoisotopic (exact) mass is 325 g/mol. The molecule has 0 bridgehead atoms. The van der Waals surface area contributed by atoms with Gasteiger partial charge in [0.25, 0.3) is 11.6 Å². The third-order valence-corrected chi connectivity index (χ3v) is 3.95. The number of benzene rings is 1. The lowest BCUT2D eigenvalue weighted by Crippen LogP contribution is -2.12. The predicted octanol–water partition coefficient (Wildman–Crippen LogP) is 3.36. The third kappa shape index (κ3) is 2.71. The van der Waals surface area contributed by atoms with Crippen LogP contribution in [0.25, 0.3) is 17.4 Å². The molecule has 2 heterocycles. The maximum absolute atomic E-state index is 11.7. The molecule has 1 aromatic heterocycles. The molecular weight excluding hydrogens is 310 g/mol. The summed E-state index contributed by atoms with van der Waals surface area (Å²) in [4.78, 5) is 22.6. The van der Waals surface area contributed by atoms with Gasteiger partial charge in [0.15, 0.2) is 0 Å². The van der Waals surface area contributed by atoms with Gasteiger partial charge in [-0.25, -0.2) is 5.43 Å². The second kappa shape index (κ2) is 5.77. The second-order valence-electron chi connectivity index (χ2n) is 5.61. The summed E-state index contributed by atoms with van der Waals surface area (Å²) < 4.78 is 5.70. The Morgan fingerprint density at radius 3 is 2.54 bits per heavy atom. The fourth-order valence-corrected chi connectivity index (χ4v) is 2.46. The van der Waals surface area contributed by atoms with Crippen LogP contribution in [0.5, 0.6) is 0 Å². The molecule has 1 aliphatic heterocycles. The van der Waals surface area contributed by atoms with E-state index in [4.69, 9.17) is 4.42 Å². The predicted molar refractivity (Wildman–Crippen MR) is 89.5 cm³/mol. The molecule has 0 radical (unpaired) electrons. The first-order chi connectivity index (χ1) is 11.4. The second-order valence-corrected chi connectivity index (χ2v) is 5.61. The smallest absolute Gasteiger partial charge is 0.280 e. The highest BCUT2D eigenvalue weighted by Gasteiger charge is 2.21. The zero-order valence-corrected chi connectivity index (χ0v) is 13.4. The first kappa shape index (κ1) is 15.7. The van der Waals surface area contributed by atoms with E-state index >= 15 is 0 Å². The van der Waals surface area contributed by atoms with Gasteiger partial charge in [0.05, 0.1) is 21.8 Å². The summed E-state index contributed by atoms with van der Waals surface area (Å²) in [5.74, 6) is 0.506. The highest BCUT2D eigenvalue weighted by Crippen LogP contribution is 2.34. The first-order valence-electron chi connectivity index (χ1n) is 7.29. The molecule has 1 amide bonds. The van der Waals surface area contributed by atoms with E-state index in [1.807, 2.05) is 13.8 Å². The van der Waals surface area contributed by atoms with Crippen LogP contribution in [0, 0.1) is 24.0 Å². The number of carbonyl (C=O) groups excluding carboxylic acids is 1. The van der Waals surface area contributed by atoms with E-state index < -0.39 is 4.92 Å². The molecule has 0 spiro atoms. The molecule has 0 atom stereocenters. The summed E-state index contributed by atoms with van der Waals surface area (Å²) in [6, 6.07) is 6.59. The van der Waals surface area contributed by atoms with Gasteiger partial charge in [-0.15, -0.1) is 0 Å². The van der Waals surface area contributed by atoms with E-state index in [2.05, 4.69) is 10.5 Å². The van der Waals surface area contributed by atoms with E-state index in [1.54, 1.807) is 31.2 Å². The maximum atomic E-state index is 11.7. The molecular formula is C17H15N3O4. The van der Waals surface area contributed by atoms with Crippen LogP contribution in [0.4, 0.5) is 5.69 Å². The minimum atomic E-state index is -0.427.